The molecule has 28 heavy (non-hydrogen) atoms. The molecule has 0 fully saturated rings. The maximum absolute atomic E-state index is 5.82. The fourth-order valence-electron chi connectivity index (χ4n) is 2.77. The second-order valence-corrected chi connectivity index (χ2v) is 7.58. The van der Waals surface area contributed by atoms with Crippen LogP contribution in [0.5, 0.6) is 5.75 Å². The Labute approximate surface area is 163 Å². The number of hydrogen-bond donors (Lipinski definition) is 0. The molecule has 142 valence electrons. The van der Waals surface area contributed by atoms with Crippen molar-refractivity contribution in [1.29, 1.82) is 0 Å². The van der Waals surface area contributed by atoms with Crippen molar-refractivity contribution in [2.45, 2.75) is 32.9 Å². The molecule has 0 aliphatic heterocycles. The first-order valence-electron chi connectivity index (χ1n) is 9.15. The van der Waals surface area contributed by atoms with Gasteiger partial charge >= 0.3 is 0 Å². The van der Waals surface area contributed by atoms with Crippen molar-refractivity contribution in [3.05, 3.63) is 72.4 Å². The SMILES string of the molecule is CC(C)(C)c1ccc(OCn2ccc(-c3nc(-c4ccccc4)no3)n2)cc1. The predicted molar refractivity (Wildman–Crippen MR) is 107 cm³/mol. The van der Waals surface area contributed by atoms with Crippen LogP contribution >= 0.6 is 0 Å². The fraction of sp³-hybridized carbons (Fsp3) is 0.227. The Balaban J connectivity index is 1.42. The predicted octanol–water partition coefficient (Wildman–Crippen LogP) is 4.93. The normalized spacial score (nSPS) is 11.5. The molecule has 0 aliphatic rings. The minimum Gasteiger partial charge on any atom is -0.471 e. The highest BCUT2D eigenvalue weighted by molar-refractivity contribution is 5.57. The molecule has 0 radical (unpaired) electrons. The van der Waals surface area contributed by atoms with Crippen LogP contribution in [0.4, 0.5) is 0 Å². The van der Waals surface area contributed by atoms with E-state index in [4.69, 9.17) is 9.26 Å². The molecule has 0 N–H and O–H groups in total. The van der Waals surface area contributed by atoms with Gasteiger partial charge in [-0.1, -0.05) is 68.4 Å². The molecule has 2 aromatic heterocycles. The Bertz CT molecular complexity index is 1040. The topological polar surface area (TPSA) is 66.0 Å². The van der Waals surface area contributed by atoms with Crippen molar-refractivity contribution < 1.29 is 9.26 Å². The average molecular weight is 374 g/mol. The fourth-order valence-corrected chi connectivity index (χ4v) is 2.77. The van der Waals surface area contributed by atoms with Crippen LogP contribution in [-0.4, -0.2) is 19.9 Å². The summed E-state index contributed by atoms with van der Waals surface area (Å²) in [5.41, 5.74) is 2.91. The molecule has 4 rings (SSSR count). The Morgan fingerprint density at radius 1 is 0.964 bits per heavy atom. The van der Waals surface area contributed by atoms with Crippen molar-refractivity contribution in [3.63, 3.8) is 0 Å². The second-order valence-electron chi connectivity index (χ2n) is 7.58. The zero-order valence-corrected chi connectivity index (χ0v) is 16.2. The minimum absolute atomic E-state index is 0.123. The van der Waals surface area contributed by atoms with Gasteiger partial charge in [0.25, 0.3) is 5.89 Å². The van der Waals surface area contributed by atoms with E-state index < -0.39 is 0 Å². The van der Waals surface area contributed by atoms with Gasteiger partial charge in [0.05, 0.1) is 0 Å². The van der Waals surface area contributed by atoms with Gasteiger partial charge in [-0.2, -0.15) is 10.1 Å². The molecule has 2 aromatic carbocycles. The van der Waals surface area contributed by atoms with Gasteiger partial charge < -0.3 is 9.26 Å². The van der Waals surface area contributed by atoms with Crippen LogP contribution < -0.4 is 4.74 Å². The molecule has 0 bridgehead atoms. The minimum atomic E-state index is 0.123. The molecule has 0 atom stereocenters. The largest absolute Gasteiger partial charge is 0.471 e. The summed E-state index contributed by atoms with van der Waals surface area (Å²) >= 11 is 0. The van der Waals surface area contributed by atoms with E-state index in [9.17, 15) is 0 Å². The van der Waals surface area contributed by atoms with E-state index >= 15 is 0 Å². The number of aromatic nitrogens is 4. The molecular weight excluding hydrogens is 352 g/mol. The first-order chi connectivity index (χ1) is 13.5. The van der Waals surface area contributed by atoms with E-state index in [0.29, 0.717) is 24.1 Å². The second kappa shape index (κ2) is 7.31. The first kappa shape index (κ1) is 18.0. The summed E-state index contributed by atoms with van der Waals surface area (Å²) in [4.78, 5) is 4.42. The van der Waals surface area contributed by atoms with Crippen molar-refractivity contribution >= 4 is 0 Å². The van der Waals surface area contributed by atoms with Crippen molar-refractivity contribution in [3.8, 4) is 28.7 Å². The summed E-state index contributed by atoms with van der Waals surface area (Å²) in [6, 6.07) is 19.7. The van der Waals surface area contributed by atoms with Crippen LogP contribution in [0.15, 0.2) is 71.4 Å². The number of nitrogens with zero attached hydrogens (tertiary/aromatic N) is 4. The maximum Gasteiger partial charge on any atom is 0.278 e. The Kier molecular flexibility index (Phi) is 4.69. The van der Waals surface area contributed by atoms with Crippen LogP contribution in [0.3, 0.4) is 0 Å². The zero-order chi connectivity index (χ0) is 19.6. The molecule has 4 aromatic rings. The lowest BCUT2D eigenvalue weighted by Gasteiger charge is -2.19. The van der Waals surface area contributed by atoms with Gasteiger partial charge in [-0.05, 0) is 29.2 Å². The summed E-state index contributed by atoms with van der Waals surface area (Å²) in [5, 5.41) is 8.48. The zero-order valence-electron chi connectivity index (χ0n) is 16.2. The molecular formula is C22H22N4O2. The number of ether oxygens (including phenoxy) is 1. The summed E-state index contributed by atoms with van der Waals surface area (Å²) in [5.74, 6) is 1.72. The Hall–Kier alpha value is -3.41. The monoisotopic (exact) mass is 374 g/mol. The van der Waals surface area contributed by atoms with Gasteiger partial charge in [-0.25, -0.2) is 4.68 Å². The van der Waals surface area contributed by atoms with E-state index in [1.54, 1.807) is 4.68 Å². The standard InChI is InChI=1S/C22H22N4O2/c1-22(2,3)17-9-11-18(12-10-17)27-15-26-14-13-19(24-26)21-23-20(25-28-21)16-7-5-4-6-8-16/h4-14H,15H2,1-3H3. The number of hydrogen-bond acceptors (Lipinski definition) is 5. The van der Waals surface area contributed by atoms with E-state index in [2.05, 4.69) is 48.1 Å². The number of rotatable bonds is 5. The lowest BCUT2D eigenvalue weighted by molar-refractivity contribution is 0.221. The van der Waals surface area contributed by atoms with Crippen LogP contribution in [0.2, 0.25) is 0 Å². The highest BCUT2D eigenvalue weighted by Gasteiger charge is 2.14. The van der Waals surface area contributed by atoms with Crippen molar-refractivity contribution in [2.75, 3.05) is 0 Å². The van der Waals surface area contributed by atoms with Gasteiger partial charge in [0.15, 0.2) is 12.4 Å². The van der Waals surface area contributed by atoms with Crippen molar-refractivity contribution in [1.82, 2.24) is 19.9 Å². The molecule has 0 unspecified atom stereocenters. The highest BCUT2D eigenvalue weighted by Crippen LogP contribution is 2.24. The van der Waals surface area contributed by atoms with Crippen LogP contribution in [0.25, 0.3) is 23.0 Å². The number of benzene rings is 2. The maximum atomic E-state index is 5.82. The molecule has 6 nitrogen and oxygen atoms in total. The third kappa shape index (κ3) is 3.96. The summed E-state index contributed by atoms with van der Waals surface area (Å²) in [6.07, 6.45) is 1.82. The van der Waals surface area contributed by atoms with E-state index in [1.165, 1.54) is 5.56 Å². The summed E-state index contributed by atoms with van der Waals surface area (Å²) in [6.45, 7) is 6.87. The highest BCUT2D eigenvalue weighted by atomic mass is 16.5. The van der Waals surface area contributed by atoms with Gasteiger partial charge in [-0.3, -0.25) is 0 Å². The first-order valence-corrected chi connectivity index (χ1v) is 9.15. The third-order valence-corrected chi connectivity index (χ3v) is 4.40. The van der Waals surface area contributed by atoms with E-state index in [1.807, 2.05) is 54.7 Å². The van der Waals surface area contributed by atoms with Crippen molar-refractivity contribution in [2.24, 2.45) is 0 Å². The lowest BCUT2D eigenvalue weighted by atomic mass is 9.87. The molecule has 0 saturated carbocycles. The van der Waals surface area contributed by atoms with Gasteiger partial charge in [0.2, 0.25) is 5.82 Å². The van der Waals surface area contributed by atoms with E-state index in [0.717, 1.165) is 11.3 Å². The van der Waals surface area contributed by atoms with Gasteiger partial charge in [0.1, 0.15) is 5.75 Å². The Morgan fingerprint density at radius 3 is 2.43 bits per heavy atom. The Morgan fingerprint density at radius 2 is 1.71 bits per heavy atom. The summed E-state index contributed by atoms with van der Waals surface area (Å²) in [7, 11) is 0. The third-order valence-electron chi connectivity index (χ3n) is 4.40. The van der Waals surface area contributed by atoms with Gasteiger partial charge in [0, 0.05) is 11.8 Å². The average Bonchev–Trinajstić information content (AvgIpc) is 3.36. The quantitative estimate of drug-likeness (QED) is 0.495. The summed E-state index contributed by atoms with van der Waals surface area (Å²) < 4.78 is 12.9. The molecule has 0 saturated heterocycles. The molecule has 0 amide bonds. The van der Waals surface area contributed by atoms with Crippen LogP contribution in [-0.2, 0) is 12.1 Å². The molecule has 2 heterocycles. The molecule has 6 heteroatoms. The van der Waals surface area contributed by atoms with Gasteiger partial charge in [-0.15, -0.1) is 0 Å². The van der Waals surface area contributed by atoms with E-state index in [-0.39, 0.29) is 5.41 Å². The van der Waals surface area contributed by atoms with Crippen LogP contribution in [0, 0.1) is 0 Å². The molecule has 0 spiro atoms. The smallest absolute Gasteiger partial charge is 0.278 e. The van der Waals surface area contributed by atoms with Crippen LogP contribution in [0.1, 0.15) is 26.3 Å². The lowest BCUT2D eigenvalue weighted by Crippen LogP contribution is -2.11. The molecule has 0 aliphatic carbocycles.